The van der Waals surface area contributed by atoms with Gasteiger partial charge in [0.2, 0.25) is 0 Å². The van der Waals surface area contributed by atoms with E-state index in [9.17, 15) is 4.79 Å². The van der Waals surface area contributed by atoms with Gasteiger partial charge in [-0.25, -0.2) is 4.79 Å². The van der Waals surface area contributed by atoms with Gasteiger partial charge >= 0.3 is 6.09 Å². The number of ether oxygens (including phenoxy) is 1. The van der Waals surface area contributed by atoms with E-state index in [-0.39, 0.29) is 6.09 Å². The molecule has 1 aliphatic rings. The van der Waals surface area contributed by atoms with Crippen molar-refractivity contribution in [3.63, 3.8) is 0 Å². The van der Waals surface area contributed by atoms with Gasteiger partial charge in [0.25, 0.3) is 0 Å². The molecule has 1 aliphatic heterocycles. The molecule has 1 rings (SSSR count). The first kappa shape index (κ1) is 13.6. The molecule has 0 saturated carbocycles. The number of likely N-dealkylation sites (tertiary alicyclic amines) is 1. The van der Waals surface area contributed by atoms with Gasteiger partial charge in [0, 0.05) is 19.0 Å². The second-order valence-electron chi connectivity index (χ2n) is 5.23. The number of hydrogen-bond donors (Lipinski definition) is 1. The average Bonchev–Trinajstić information content (AvgIpc) is 2.16. The number of carbonyl (C=O) groups is 1. The zero-order chi connectivity index (χ0) is 12.2. The van der Waals surface area contributed by atoms with Crippen LogP contribution in [0.3, 0.4) is 0 Å². The molecule has 0 aromatic rings. The fourth-order valence-electron chi connectivity index (χ4n) is 1.80. The molecule has 0 aliphatic carbocycles. The van der Waals surface area contributed by atoms with Crippen molar-refractivity contribution >= 4 is 19.0 Å². The zero-order valence-electron chi connectivity index (χ0n) is 10.2. The number of hydrogen-bond acceptors (Lipinski definition) is 4. The Balaban J connectivity index is 2.44. The van der Waals surface area contributed by atoms with E-state index in [1.165, 1.54) is 0 Å². The zero-order valence-corrected chi connectivity index (χ0v) is 11.1. The maximum atomic E-state index is 11.8. The Morgan fingerprint density at radius 3 is 2.75 bits per heavy atom. The van der Waals surface area contributed by atoms with Crippen LogP contribution in [0.1, 0.15) is 33.6 Å². The topological polar surface area (TPSA) is 38.8 Å². The monoisotopic (exact) mass is 247 g/mol. The van der Waals surface area contributed by atoms with Crippen molar-refractivity contribution in [2.45, 2.75) is 39.2 Å². The number of carbonyl (C=O) groups excluding carboxylic acids is 1. The fraction of sp³-hybridized carbons (Fsp3) is 0.909. The van der Waals surface area contributed by atoms with Gasteiger partial charge in [0.15, 0.2) is 0 Å². The number of rotatable bonds is 2. The fourth-order valence-corrected chi connectivity index (χ4v) is 2.01. The maximum absolute atomic E-state index is 11.8. The Hall–Kier alpha value is -0.420. The molecule has 1 amide bonds. The highest BCUT2D eigenvalue weighted by Crippen LogP contribution is 2.19. The third-order valence-electron chi connectivity index (χ3n) is 2.48. The van der Waals surface area contributed by atoms with Gasteiger partial charge in [-0.3, -0.25) is 0 Å². The van der Waals surface area contributed by atoms with Crippen molar-refractivity contribution < 1.29 is 13.7 Å². The molecule has 1 saturated heterocycles. The molecule has 1 heterocycles. The maximum Gasteiger partial charge on any atom is 0.410 e. The molecule has 0 N–H and O–H groups in total. The first-order valence-electron chi connectivity index (χ1n) is 5.66. The van der Waals surface area contributed by atoms with Gasteiger partial charge in [0.05, 0.1) is 6.61 Å². The smallest absolute Gasteiger partial charge is 0.410 e. The summed E-state index contributed by atoms with van der Waals surface area (Å²) in [6.45, 7) is 7.70. The van der Waals surface area contributed by atoms with Crippen molar-refractivity contribution in [2.75, 3.05) is 19.7 Å². The summed E-state index contributed by atoms with van der Waals surface area (Å²) in [5.74, 6) is 0.374. The van der Waals surface area contributed by atoms with E-state index in [1.807, 2.05) is 20.8 Å². The van der Waals surface area contributed by atoms with E-state index in [2.05, 4.69) is 12.9 Å². The van der Waals surface area contributed by atoms with Crippen molar-refractivity contribution in [3.05, 3.63) is 0 Å². The second-order valence-corrected chi connectivity index (χ2v) is 5.49. The van der Waals surface area contributed by atoms with E-state index in [0.29, 0.717) is 19.1 Å². The molecule has 4 nitrogen and oxygen atoms in total. The summed E-state index contributed by atoms with van der Waals surface area (Å²) in [5, 5.41) is 0. The van der Waals surface area contributed by atoms with Gasteiger partial charge in [0.1, 0.15) is 5.60 Å². The number of piperidine rings is 1. The van der Waals surface area contributed by atoms with Crippen molar-refractivity contribution in [2.24, 2.45) is 5.92 Å². The van der Waals surface area contributed by atoms with E-state index >= 15 is 0 Å². The lowest BCUT2D eigenvalue weighted by Crippen LogP contribution is -2.43. The Morgan fingerprint density at radius 2 is 2.19 bits per heavy atom. The Kier molecular flexibility index (Phi) is 4.92. The molecule has 0 aromatic heterocycles. The molecule has 0 radical (unpaired) electrons. The number of thiol groups is 1. The van der Waals surface area contributed by atoms with Gasteiger partial charge < -0.3 is 13.8 Å². The summed E-state index contributed by atoms with van der Waals surface area (Å²) in [4.78, 5) is 13.6. The van der Waals surface area contributed by atoms with Gasteiger partial charge in [-0.15, -0.1) is 0 Å². The van der Waals surface area contributed by atoms with Crippen LogP contribution >= 0.6 is 12.9 Å². The van der Waals surface area contributed by atoms with Crippen LogP contribution in [0.4, 0.5) is 4.79 Å². The molecule has 0 bridgehead atoms. The molecule has 1 atom stereocenters. The van der Waals surface area contributed by atoms with Crippen LogP contribution in [0.15, 0.2) is 0 Å². The van der Waals surface area contributed by atoms with E-state index in [4.69, 9.17) is 8.92 Å². The minimum absolute atomic E-state index is 0.226. The average molecular weight is 247 g/mol. The van der Waals surface area contributed by atoms with E-state index in [0.717, 1.165) is 19.4 Å². The molecule has 94 valence electrons. The van der Waals surface area contributed by atoms with Crippen LogP contribution in [0.5, 0.6) is 0 Å². The summed E-state index contributed by atoms with van der Waals surface area (Å²) in [6, 6.07) is 0. The van der Waals surface area contributed by atoms with Gasteiger partial charge in [-0.2, -0.15) is 0 Å². The lowest BCUT2D eigenvalue weighted by Gasteiger charge is -2.33. The van der Waals surface area contributed by atoms with Crippen molar-refractivity contribution in [1.82, 2.24) is 4.90 Å². The van der Waals surface area contributed by atoms with Crippen LogP contribution in [-0.4, -0.2) is 36.3 Å². The highest BCUT2D eigenvalue weighted by atomic mass is 32.1. The summed E-state index contributed by atoms with van der Waals surface area (Å²) in [5.41, 5.74) is -0.427. The highest BCUT2D eigenvalue weighted by molar-refractivity contribution is 7.75. The molecule has 0 spiro atoms. The first-order chi connectivity index (χ1) is 7.42. The van der Waals surface area contributed by atoms with Crippen LogP contribution in [0, 0.1) is 5.92 Å². The van der Waals surface area contributed by atoms with Crippen molar-refractivity contribution in [3.8, 4) is 0 Å². The third-order valence-corrected chi connectivity index (χ3v) is 2.63. The standard InChI is InChI=1S/C11H21NO3S/c1-11(2,3)15-10(13)12-6-4-5-9(7-12)8-14-16/h9,16H,4-8H2,1-3H3. The Morgan fingerprint density at radius 1 is 1.50 bits per heavy atom. The lowest BCUT2D eigenvalue weighted by molar-refractivity contribution is 0.0145. The predicted octanol–water partition coefficient (Wildman–Crippen LogP) is 2.49. The van der Waals surface area contributed by atoms with Gasteiger partial charge in [-0.1, -0.05) is 0 Å². The van der Waals surface area contributed by atoms with E-state index in [1.54, 1.807) is 4.90 Å². The number of nitrogens with zero attached hydrogens (tertiary/aromatic N) is 1. The minimum Gasteiger partial charge on any atom is -0.444 e. The second kappa shape index (κ2) is 5.77. The van der Waals surface area contributed by atoms with Crippen LogP contribution in [0.2, 0.25) is 0 Å². The normalized spacial score (nSPS) is 22.0. The summed E-state index contributed by atoms with van der Waals surface area (Å²) >= 11 is 3.75. The van der Waals surface area contributed by atoms with Crippen molar-refractivity contribution in [1.29, 1.82) is 0 Å². The van der Waals surface area contributed by atoms with Crippen LogP contribution < -0.4 is 0 Å². The Bertz CT molecular complexity index is 238. The quantitative estimate of drug-likeness (QED) is 0.602. The van der Waals surface area contributed by atoms with Gasteiger partial charge in [-0.05, 0) is 46.5 Å². The predicted molar refractivity (Wildman–Crippen MR) is 65.5 cm³/mol. The molecule has 16 heavy (non-hydrogen) atoms. The number of amides is 1. The lowest BCUT2D eigenvalue weighted by atomic mass is 9.99. The molecule has 5 heteroatoms. The molecular weight excluding hydrogens is 226 g/mol. The molecular formula is C11H21NO3S. The summed E-state index contributed by atoms with van der Waals surface area (Å²) in [7, 11) is 0. The molecule has 1 fully saturated rings. The molecule has 0 aromatic carbocycles. The third kappa shape index (κ3) is 4.61. The van der Waals surface area contributed by atoms with E-state index < -0.39 is 5.60 Å². The van der Waals surface area contributed by atoms with Crippen LogP contribution in [0.25, 0.3) is 0 Å². The highest BCUT2D eigenvalue weighted by Gasteiger charge is 2.27. The summed E-state index contributed by atoms with van der Waals surface area (Å²) in [6.07, 6.45) is 1.86. The summed E-state index contributed by atoms with van der Waals surface area (Å²) < 4.78 is 10.2. The largest absolute Gasteiger partial charge is 0.444 e. The first-order valence-corrected chi connectivity index (χ1v) is 6.03. The van der Waals surface area contributed by atoms with Crippen LogP contribution in [-0.2, 0) is 8.92 Å². The Labute approximate surface area is 103 Å². The molecule has 1 unspecified atom stereocenters. The minimum atomic E-state index is -0.427. The SMILES string of the molecule is CC(C)(C)OC(=O)N1CCCC(COS)C1.